The van der Waals surface area contributed by atoms with Gasteiger partial charge in [-0.1, -0.05) is 13.3 Å². The van der Waals surface area contributed by atoms with Gasteiger partial charge in [0.25, 0.3) is 0 Å². The van der Waals surface area contributed by atoms with Crippen molar-refractivity contribution in [3.05, 3.63) is 24.3 Å². The van der Waals surface area contributed by atoms with Gasteiger partial charge in [0, 0.05) is 12.7 Å². The molecule has 0 radical (unpaired) electrons. The van der Waals surface area contributed by atoms with Gasteiger partial charge in [0.05, 0.1) is 17.8 Å². The first-order valence-corrected chi connectivity index (χ1v) is 7.92. The molecule has 2 aliphatic rings. The third kappa shape index (κ3) is 1.78. The molecule has 3 atom stereocenters. The van der Waals surface area contributed by atoms with Crippen molar-refractivity contribution in [1.82, 2.24) is 19.9 Å². The largest absolute Gasteiger partial charge is 0.327 e. The van der Waals surface area contributed by atoms with Crippen LogP contribution in [0.2, 0.25) is 0 Å². The van der Waals surface area contributed by atoms with E-state index >= 15 is 0 Å². The standard InChI is InChI=1S/C16H22N4/c1-2-8-20-14-6-7-17-10-13(14)19-16(20)15-12-5-3-4-11(12)9-18-15/h6-7,10-12,15,18H,2-5,8-9H2,1H3. The van der Waals surface area contributed by atoms with E-state index in [2.05, 4.69) is 27.9 Å². The van der Waals surface area contributed by atoms with Crippen LogP contribution in [0.5, 0.6) is 0 Å². The average Bonchev–Trinajstić information content (AvgIpc) is 3.13. The number of nitrogens with one attached hydrogen (secondary N) is 1. The number of rotatable bonds is 3. The van der Waals surface area contributed by atoms with Crippen molar-refractivity contribution in [2.24, 2.45) is 11.8 Å². The number of hydrogen-bond acceptors (Lipinski definition) is 3. The molecule has 2 fully saturated rings. The summed E-state index contributed by atoms with van der Waals surface area (Å²) in [6, 6.07) is 2.55. The zero-order chi connectivity index (χ0) is 13.5. The second kappa shape index (κ2) is 4.85. The summed E-state index contributed by atoms with van der Waals surface area (Å²) in [7, 11) is 0. The Kier molecular flexibility index (Phi) is 2.99. The summed E-state index contributed by atoms with van der Waals surface area (Å²) in [6.07, 6.45) is 9.05. The van der Waals surface area contributed by atoms with Crippen LogP contribution in [0.1, 0.15) is 44.5 Å². The Morgan fingerprint density at radius 3 is 3.25 bits per heavy atom. The maximum absolute atomic E-state index is 4.91. The third-order valence-electron chi connectivity index (χ3n) is 5.05. The van der Waals surface area contributed by atoms with Crippen molar-refractivity contribution >= 4 is 11.0 Å². The highest BCUT2D eigenvalue weighted by Gasteiger charge is 2.41. The van der Waals surface area contributed by atoms with Crippen LogP contribution in [0.25, 0.3) is 11.0 Å². The summed E-state index contributed by atoms with van der Waals surface area (Å²) in [5, 5.41) is 3.73. The Labute approximate surface area is 119 Å². The fraction of sp³-hybridized carbons (Fsp3) is 0.625. The molecule has 1 aliphatic heterocycles. The van der Waals surface area contributed by atoms with Gasteiger partial charge < -0.3 is 9.88 Å². The number of fused-ring (bicyclic) bond motifs is 2. The summed E-state index contributed by atoms with van der Waals surface area (Å²) in [5.74, 6) is 2.90. The minimum Gasteiger partial charge on any atom is -0.327 e. The summed E-state index contributed by atoms with van der Waals surface area (Å²) in [4.78, 5) is 9.14. The molecule has 106 valence electrons. The van der Waals surface area contributed by atoms with Gasteiger partial charge in [-0.25, -0.2) is 4.98 Å². The van der Waals surface area contributed by atoms with Crippen molar-refractivity contribution in [3.63, 3.8) is 0 Å². The molecule has 1 N–H and O–H groups in total. The van der Waals surface area contributed by atoms with E-state index in [-0.39, 0.29) is 0 Å². The van der Waals surface area contributed by atoms with Crippen LogP contribution < -0.4 is 5.32 Å². The highest BCUT2D eigenvalue weighted by Crippen LogP contribution is 2.44. The summed E-state index contributed by atoms with van der Waals surface area (Å²) >= 11 is 0. The molecule has 0 amide bonds. The summed E-state index contributed by atoms with van der Waals surface area (Å²) in [6.45, 7) is 4.45. The number of hydrogen-bond donors (Lipinski definition) is 1. The lowest BCUT2D eigenvalue weighted by atomic mass is 9.93. The van der Waals surface area contributed by atoms with Crippen LogP contribution in [-0.4, -0.2) is 21.1 Å². The quantitative estimate of drug-likeness (QED) is 0.932. The third-order valence-corrected chi connectivity index (χ3v) is 5.05. The molecule has 20 heavy (non-hydrogen) atoms. The van der Waals surface area contributed by atoms with Gasteiger partial charge in [0.15, 0.2) is 0 Å². The second-order valence-electron chi connectivity index (χ2n) is 6.23. The first-order valence-electron chi connectivity index (χ1n) is 7.92. The van der Waals surface area contributed by atoms with E-state index in [9.17, 15) is 0 Å². The monoisotopic (exact) mass is 270 g/mol. The Morgan fingerprint density at radius 1 is 1.40 bits per heavy atom. The fourth-order valence-corrected chi connectivity index (χ4v) is 4.17. The molecule has 0 bridgehead atoms. The number of nitrogens with zero attached hydrogens (tertiary/aromatic N) is 3. The maximum Gasteiger partial charge on any atom is 0.127 e. The Morgan fingerprint density at radius 2 is 2.35 bits per heavy atom. The molecular formula is C16H22N4. The van der Waals surface area contributed by atoms with Crippen molar-refractivity contribution < 1.29 is 0 Å². The predicted octanol–water partition coefficient (Wildman–Crippen LogP) is 2.90. The van der Waals surface area contributed by atoms with Crippen molar-refractivity contribution in [1.29, 1.82) is 0 Å². The molecule has 0 aromatic carbocycles. The van der Waals surface area contributed by atoms with E-state index < -0.39 is 0 Å². The molecule has 1 saturated carbocycles. The molecule has 2 aromatic rings. The molecule has 0 spiro atoms. The summed E-state index contributed by atoms with van der Waals surface area (Å²) < 4.78 is 2.41. The Hall–Kier alpha value is -1.42. The molecule has 4 rings (SSSR count). The molecule has 1 saturated heterocycles. The highest BCUT2D eigenvalue weighted by atomic mass is 15.1. The average molecular weight is 270 g/mol. The van der Waals surface area contributed by atoms with E-state index in [4.69, 9.17) is 4.98 Å². The van der Waals surface area contributed by atoms with E-state index in [1.54, 1.807) is 0 Å². The van der Waals surface area contributed by atoms with Gasteiger partial charge in [0.2, 0.25) is 0 Å². The molecule has 3 unspecified atom stereocenters. The Balaban J connectivity index is 1.80. The highest BCUT2D eigenvalue weighted by molar-refractivity contribution is 5.74. The lowest BCUT2D eigenvalue weighted by Gasteiger charge is -2.19. The number of aromatic nitrogens is 3. The predicted molar refractivity (Wildman–Crippen MR) is 79.4 cm³/mol. The minimum absolute atomic E-state index is 0.446. The van der Waals surface area contributed by atoms with Crippen LogP contribution >= 0.6 is 0 Å². The number of imidazole rings is 1. The van der Waals surface area contributed by atoms with Gasteiger partial charge in [-0.05, 0) is 43.7 Å². The first-order chi connectivity index (χ1) is 9.88. The number of pyridine rings is 1. The van der Waals surface area contributed by atoms with Crippen molar-refractivity contribution in [2.45, 2.75) is 45.2 Å². The SMILES string of the molecule is CCCn1c(C2NCC3CCCC32)nc2cnccc21. The molecule has 3 heterocycles. The lowest BCUT2D eigenvalue weighted by Crippen LogP contribution is -2.22. The van der Waals surface area contributed by atoms with Crippen LogP contribution in [0, 0.1) is 11.8 Å². The van der Waals surface area contributed by atoms with E-state index in [1.807, 2.05) is 12.4 Å². The molecule has 2 aromatic heterocycles. The van der Waals surface area contributed by atoms with Gasteiger partial charge in [-0.15, -0.1) is 0 Å². The fourth-order valence-electron chi connectivity index (χ4n) is 4.17. The van der Waals surface area contributed by atoms with E-state index in [0.29, 0.717) is 6.04 Å². The summed E-state index contributed by atoms with van der Waals surface area (Å²) in [5.41, 5.74) is 2.28. The molecule has 4 heteroatoms. The van der Waals surface area contributed by atoms with Gasteiger partial charge >= 0.3 is 0 Å². The van der Waals surface area contributed by atoms with Gasteiger partial charge in [-0.2, -0.15) is 0 Å². The van der Waals surface area contributed by atoms with Gasteiger partial charge in [-0.3, -0.25) is 4.98 Å². The molecular weight excluding hydrogens is 248 g/mol. The first kappa shape index (κ1) is 12.3. The van der Waals surface area contributed by atoms with Crippen molar-refractivity contribution in [3.8, 4) is 0 Å². The molecule has 4 nitrogen and oxygen atoms in total. The normalized spacial score (nSPS) is 29.1. The zero-order valence-electron chi connectivity index (χ0n) is 12.0. The smallest absolute Gasteiger partial charge is 0.127 e. The van der Waals surface area contributed by atoms with Crippen LogP contribution in [0.3, 0.4) is 0 Å². The topological polar surface area (TPSA) is 42.7 Å². The van der Waals surface area contributed by atoms with Crippen LogP contribution in [-0.2, 0) is 6.54 Å². The minimum atomic E-state index is 0.446. The Bertz CT molecular complexity index is 618. The zero-order valence-corrected chi connectivity index (χ0v) is 12.0. The molecule has 1 aliphatic carbocycles. The van der Waals surface area contributed by atoms with Crippen molar-refractivity contribution in [2.75, 3.05) is 6.54 Å². The van der Waals surface area contributed by atoms with Crippen LogP contribution in [0.15, 0.2) is 18.5 Å². The second-order valence-corrected chi connectivity index (χ2v) is 6.23. The van der Waals surface area contributed by atoms with E-state index in [0.717, 1.165) is 30.3 Å². The van der Waals surface area contributed by atoms with E-state index in [1.165, 1.54) is 37.1 Å². The maximum atomic E-state index is 4.91. The van der Waals surface area contributed by atoms with Gasteiger partial charge in [0.1, 0.15) is 11.3 Å². The lowest BCUT2D eigenvalue weighted by molar-refractivity contribution is 0.397. The van der Waals surface area contributed by atoms with Crippen LogP contribution in [0.4, 0.5) is 0 Å². The number of aryl methyl sites for hydroxylation is 1.